The smallest absolute Gasteiger partial charge is 0.241 e. The lowest BCUT2D eigenvalue weighted by Gasteiger charge is -2.14. The molecule has 0 bridgehead atoms. The quantitative estimate of drug-likeness (QED) is 0.724. The van der Waals surface area contributed by atoms with Crippen LogP contribution in [0.15, 0.2) is 32.0 Å². The Kier molecular flexibility index (Phi) is 5.72. The maximum Gasteiger partial charge on any atom is 0.241 e. The summed E-state index contributed by atoms with van der Waals surface area (Å²) in [5, 5.41) is 0. The number of nitrogens with two attached hydrogens (primary N) is 1. The van der Waals surface area contributed by atoms with Crippen molar-refractivity contribution in [2.45, 2.75) is 24.3 Å². The third kappa shape index (κ3) is 4.58. The van der Waals surface area contributed by atoms with Crippen molar-refractivity contribution in [1.82, 2.24) is 4.72 Å². The zero-order chi connectivity index (χ0) is 13.9. The van der Waals surface area contributed by atoms with E-state index in [4.69, 9.17) is 18.0 Å². The molecule has 1 atom stereocenters. The van der Waals surface area contributed by atoms with Gasteiger partial charge in [-0.05, 0) is 41.1 Å². The van der Waals surface area contributed by atoms with Gasteiger partial charge in [0.2, 0.25) is 10.0 Å². The SMILES string of the molecule is CC(CC(N)=S)NS(=O)(=O)c1cc(Br)ccc1Br. The maximum atomic E-state index is 12.2. The van der Waals surface area contributed by atoms with Gasteiger partial charge in [0.25, 0.3) is 0 Å². The Morgan fingerprint density at radius 2 is 2.11 bits per heavy atom. The Labute approximate surface area is 129 Å². The van der Waals surface area contributed by atoms with Gasteiger partial charge in [-0.2, -0.15) is 0 Å². The molecule has 0 aliphatic carbocycles. The summed E-state index contributed by atoms with van der Waals surface area (Å²) in [4.78, 5) is 0.449. The van der Waals surface area contributed by atoms with Gasteiger partial charge in [0.15, 0.2) is 0 Å². The van der Waals surface area contributed by atoms with E-state index in [1.54, 1.807) is 19.1 Å². The Morgan fingerprint density at radius 1 is 1.50 bits per heavy atom. The summed E-state index contributed by atoms with van der Waals surface area (Å²) in [7, 11) is -3.60. The highest BCUT2D eigenvalue weighted by Crippen LogP contribution is 2.25. The summed E-state index contributed by atoms with van der Waals surface area (Å²) >= 11 is 11.2. The highest BCUT2D eigenvalue weighted by atomic mass is 79.9. The standard InChI is InChI=1S/C10H12Br2N2O2S2/c1-6(4-10(13)17)14-18(15,16)9-5-7(11)2-3-8(9)12/h2-3,5-6,14H,4H2,1H3,(H2,13,17). The largest absolute Gasteiger partial charge is 0.393 e. The third-order valence-corrected chi connectivity index (χ3v) is 5.29. The number of hydrogen-bond acceptors (Lipinski definition) is 3. The van der Waals surface area contributed by atoms with Crippen LogP contribution < -0.4 is 10.5 Å². The Balaban J connectivity index is 2.99. The monoisotopic (exact) mass is 414 g/mol. The van der Waals surface area contributed by atoms with Crippen molar-refractivity contribution in [2.75, 3.05) is 0 Å². The number of benzene rings is 1. The number of sulfonamides is 1. The highest BCUT2D eigenvalue weighted by Gasteiger charge is 2.20. The van der Waals surface area contributed by atoms with Gasteiger partial charge in [-0.15, -0.1) is 0 Å². The molecule has 0 aromatic heterocycles. The molecule has 0 fully saturated rings. The van der Waals surface area contributed by atoms with Crippen molar-refractivity contribution in [2.24, 2.45) is 5.73 Å². The molecular weight excluding hydrogens is 404 g/mol. The van der Waals surface area contributed by atoms with Crippen molar-refractivity contribution < 1.29 is 8.42 Å². The number of nitrogens with one attached hydrogen (secondary N) is 1. The summed E-state index contributed by atoms with van der Waals surface area (Å²) in [6.45, 7) is 1.71. The molecule has 0 radical (unpaired) electrons. The highest BCUT2D eigenvalue weighted by molar-refractivity contribution is 9.11. The lowest BCUT2D eigenvalue weighted by molar-refractivity contribution is 0.564. The lowest BCUT2D eigenvalue weighted by Crippen LogP contribution is -2.35. The first kappa shape index (κ1) is 16.0. The van der Waals surface area contributed by atoms with Crippen molar-refractivity contribution in [3.05, 3.63) is 27.1 Å². The minimum Gasteiger partial charge on any atom is -0.393 e. The fourth-order valence-corrected chi connectivity index (χ4v) is 4.35. The van der Waals surface area contributed by atoms with E-state index in [0.717, 1.165) is 0 Å². The normalized spacial score (nSPS) is 13.3. The molecule has 4 nitrogen and oxygen atoms in total. The molecule has 8 heteroatoms. The summed E-state index contributed by atoms with van der Waals surface area (Å²) in [5.41, 5.74) is 5.38. The van der Waals surface area contributed by atoms with Crippen molar-refractivity contribution in [1.29, 1.82) is 0 Å². The molecule has 0 saturated carbocycles. The van der Waals surface area contributed by atoms with E-state index in [2.05, 4.69) is 36.6 Å². The zero-order valence-corrected chi connectivity index (χ0v) is 14.3. The van der Waals surface area contributed by atoms with Gasteiger partial charge in [0.05, 0.1) is 9.88 Å². The molecule has 0 aliphatic heterocycles. The van der Waals surface area contributed by atoms with Gasteiger partial charge in [0.1, 0.15) is 0 Å². The van der Waals surface area contributed by atoms with Gasteiger partial charge in [-0.3, -0.25) is 0 Å². The van der Waals surface area contributed by atoms with E-state index < -0.39 is 10.0 Å². The fraction of sp³-hybridized carbons (Fsp3) is 0.300. The van der Waals surface area contributed by atoms with Crippen molar-refractivity contribution >= 4 is 59.1 Å². The van der Waals surface area contributed by atoms with Crippen LogP contribution in [0.25, 0.3) is 0 Å². The molecule has 1 unspecified atom stereocenters. The van der Waals surface area contributed by atoms with Crippen LogP contribution in [0.1, 0.15) is 13.3 Å². The van der Waals surface area contributed by atoms with E-state index in [1.807, 2.05) is 0 Å². The second-order valence-corrected chi connectivity index (χ2v) is 7.74. The van der Waals surface area contributed by atoms with Crippen LogP contribution in [0, 0.1) is 0 Å². The minimum atomic E-state index is -3.60. The molecule has 1 aromatic carbocycles. The van der Waals surface area contributed by atoms with Gasteiger partial charge in [-0.25, -0.2) is 13.1 Å². The summed E-state index contributed by atoms with van der Waals surface area (Å²) in [5.74, 6) is 0. The summed E-state index contributed by atoms with van der Waals surface area (Å²) in [6.07, 6.45) is 0.320. The van der Waals surface area contributed by atoms with Crippen molar-refractivity contribution in [3.63, 3.8) is 0 Å². The number of hydrogen-bond donors (Lipinski definition) is 2. The molecule has 3 N–H and O–H groups in total. The van der Waals surface area contributed by atoms with Crippen LogP contribution in [0.5, 0.6) is 0 Å². The van der Waals surface area contributed by atoms with Crippen LogP contribution in [0.4, 0.5) is 0 Å². The molecule has 1 aromatic rings. The van der Waals surface area contributed by atoms with Gasteiger partial charge in [0, 0.05) is 21.4 Å². The first-order chi connectivity index (χ1) is 8.22. The molecule has 0 heterocycles. The minimum absolute atomic E-state index is 0.173. The number of thiocarbonyl (C=S) groups is 1. The Morgan fingerprint density at radius 3 is 2.67 bits per heavy atom. The Hall–Kier alpha value is -0.0200. The Bertz CT molecular complexity index is 561. The van der Waals surface area contributed by atoms with Gasteiger partial charge < -0.3 is 5.73 Å². The lowest BCUT2D eigenvalue weighted by atomic mass is 10.3. The van der Waals surface area contributed by atoms with E-state index in [9.17, 15) is 8.42 Å². The predicted octanol–water partition coefficient (Wildman–Crippen LogP) is 2.55. The molecular formula is C10H12Br2N2O2S2. The zero-order valence-electron chi connectivity index (χ0n) is 9.48. The second kappa shape index (κ2) is 6.42. The van der Waals surface area contributed by atoms with Gasteiger partial charge >= 0.3 is 0 Å². The topological polar surface area (TPSA) is 72.2 Å². The summed E-state index contributed by atoms with van der Waals surface area (Å²) < 4.78 is 28.0. The molecule has 1 rings (SSSR count). The van der Waals surface area contributed by atoms with E-state index in [0.29, 0.717) is 15.4 Å². The molecule has 0 amide bonds. The van der Waals surface area contributed by atoms with Crippen LogP contribution in [-0.4, -0.2) is 19.4 Å². The number of halogens is 2. The van der Waals surface area contributed by atoms with Crippen LogP contribution in [0.2, 0.25) is 0 Å². The molecule has 18 heavy (non-hydrogen) atoms. The molecule has 100 valence electrons. The fourth-order valence-electron chi connectivity index (χ4n) is 1.35. The van der Waals surface area contributed by atoms with Gasteiger partial charge in [-0.1, -0.05) is 28.1 Å². The first-order valence-corrected chi connectivity index (χ1v) is 8.46. The van der Waals surface area contributed by atoms with Crippen molar-refractivity contribution in [3.8, 4) is 0 Å². The van der Waals surface area contributed by atoms with Crippen LogP contribution >= 0.6 is 44.1 Å². The maximum absolute atomic E-state index is 12.2. The average molecular weight is 416 g/mol. The second-order valence-electron chi connectivity index (χ2n) is 3.77. The van der Waals surface area contributed by atoms with Crippen LogP contribution in [-0.2, 0) is 10.0 Å². The van der Waals surface area contributed by atoms with E-state index >= 15 is 0 Å². The third-order valence-electron chi connectivity index (χ3n) is 2.05. The average Bonchev–Trinajstić information content (AvgIpc) is 2.19. The molecule has 0 saturated heterocycles. The molecule has 0 aliphatic rings. The summed E-state index contributed by atoms with van der Waals surface area (Å²) in [6, 6.07) is 4.59. The van der Waals surface area contributed by atoms with E-state index in [-0.39, 0.29) is 15.9 Å². The van der Waals surface area contributed by atoms with E-state index in [1.165, 1.54) is 6.07 Å². The molecule has 0 spiro atoms. The van der Waals surface area contributed by atoms with Crippen LogP contribution in [0.3, 0.4) is 0 Å². The predicted molar refractivity (Wildman–Crippen MR) is 83.0 cm³/mol. The number of rotatable bonds is 5. The first-order valence-electron chi connectivity index (χ1n) is 4.98.